The minimum absolute atomic E-state index is 0.193. The molecule has 0 atom stereocenters. The average Bonchev–Trinajstić information content (AvgIpc) is 2.18. The van der Waals surface area contributed by atoms with Crippen LogP contribution in [0, 0.1) is 0 Å². The number of rotatable bonds is 2. The average molecular weight is 186 g/mol. The van der Waals surface area contributed by atoms with Crippen LogP contribution in [0.2, 0.25) is 0 Å². The Morgan fingerprint density at radius 3 is 1.62 bits per heavy atom. The minimum Gasteiger partial charge on any atom is -0.466 e. The van der Waals surface area contributed by atoms with Gasteiger partial charge < -0.3 is 4.74 Å². The first-order valence-electron chi connectivity index (χ1n) is 5.40. The summed E-state index contributed by atoms with van der Waals surface area (Å²) in [5.74, 6) is -0.193. The van der Waals surface area contributed by atoms with Crippen molar-refractivity contribution in [3.63, 3.8) is 0 Å². The standard InChI is InChI=1S/C6H12.C5H10O2/c1-2-4-6-5-3-1;1-3-4-7-5(2)6/h1-6H2;3-4H2,1-2H3. The molecule has 1 rings (SSSR count). The molecule has 2 nitrogen and oxygen atoms in total. The predicted octanol–water partition coefficient (Wildman–Crippen LogP) is 3.30. The van der Waals surface area contributed by atoms with Crippen LogP contribution in [0.15, 0.2) is 0 Å². The summed E-state index contributed by atoms with van der Waals surface area (Å²) in [6, 6.07) is 0. The molecule has 1 aliphatic carbocycles. The molecule has 0 aromatic rings. The SMILES string of the molecule is C1CCCCC1.CCCOC(C)=O. The number of hydrogen-bond acceptors (Lipinski definition) is 2. The molecule has 0 radical (unpaired) electrons. The molecule has 13 heavy (non-hydrogen) atoms. The third kappa shape index (κ3) is 11.5. The number of carbonyl (C=O) groups is 1. The summed E-state index contributed by atoms with van der Waals surface area (Å²) in [6.45, 7) is 3.92. The number of hydrogen-bond donors (Lipinski definition) is 0. The van der Waals surface area contributed by atoms with E-state index in [-0.39, 0.29) is 5.97 Å². The molecule has 0 bridgehead atoms. The molecule has 0 saturated heterocycles. The van der Waals surface area contributed by atoms with Gasteiger partial charge in [0.2, 0.25) is 0 Å². The van der Waals surface area contributed by atoms with Crippen LogP contribution in [0.25, 0.3) is 0 Å². The van der Waals surface area contributed by atoms with E-state index in [0.717, 1.165) is 6.42 Å². The quantitative estimate of drug-likeness (QED) is 0.618. The van der Waals surface area contributed by atoms with E-state index < -0.39 is 0 Å². The second kappa shape index (κ2) is 9.56. The van der Waals surface area contributed by atoms with Crippen LogP contribution >= 0.6 is 0 Å². The Labute approximate surface area is 81.7 Å². The van der Waals surface area contributed by atoms with Crippen LogP contribution in [0.1, 0.15) is 58.8 Å². The summed E-state index contributed by atoms with van der Waals surface area (Å²) in [4.78, 5) is 9.98. The van der Waals surface area contributed by atoms with Gasteiger partial charge >= 0.3 is 5.97 Å². The molecule has 78 valence electrons. The molecule has 0 aliphatic heterocycles. The third-order valence-corrected chi connectivity index (χ3v) is 2.01. The second-order valence-corrected chi connectivity index (χ2v) is 3.46. The number of esters is 1. The van der Waals surface area contributed by atoms with E-state index in [2.05, 4.69) is 4.74 Å². The lowest BCUT2D eigenvalue weighted by atomic mass is 10.0. The minimum atomic E-state index is -0.193. The lowest BCUT2D eigenvalue weighted by Crippen LogP contribution is -1.98. The molecule has 2 heteroatoms. The van der Waals surface area contributed by atoms with Gasteiger partial charge in [-0.1, -0.05) is 45.4 Å². The normalized spacial score (nSPS) is 15.5. The smallest absolute Gasteiger partial charge is 0.302 e. The zero-order chi connectivity index (χ0) is 9.94. The van der Waals surface area contributed by atoms with Gasteiger partial charge in [0.25, 0.3) is 0 Å². The van der Waals surface area contributed by atoms with E-state index in [9.17, 15) is 4.79 Å². The Morgan fingerprint density at radius 1 is 1.08 bits per heavy atom. The molecule has 1 fully saturated rings. The Balaban J connectivity index is 0.000000223. The largest absolute Gasteiger partial charge is 0.466 e. The van der Waals surface area contributed by atoms with Crippen LogP contribution in [0.3, 0.4) is 0 Å². The molecule has 1 saturated carbocycles. The first-order valence-corrected chi connectivity index (χ1v) is 5.40. The van der Waals surface area contributed by atoms with E-state index in [1.165, 1.54) is 45.4 Å². The maximum Gasteiger partial charge on any atom is 0.302 e. The van der Waals surface area contributed by atoms with Crippen molar-refractivity contribution in [3.8, 4) is 0 Å². The van der Waals surface area contributed by atoms with Crippen molar-refractivity contribution in [1.29, 1.82) is 0 Å². The van der Waals surface area contributed by atoms with E-state index in [4.69, 9.17) is 0 Å². The summed E-state index contributed by atoms with van der Waals surface area (Å²) >= 11 is 0. The highest BCUT2D eigenvalue weighted by molar-refractivity contribution is 5.65. The fourth-order valence-electron chi connectivity index (χ4n) is 1.31. The second-order valence-electron chi connectivity index (χ2n) is 3.46. The van der Waals surface area contributed by atoms with Gasteiger partial charge in [-0.25, -0.2) is 0 Å². The van der Waals surface area contributed by atoms with Crippen LogP contribution < -0.4 is 0 Å². The maximum absolute atomic E-state index is 9.98. The van der Waals surface area contributed by atoms with E-state index in [0.29, 0.717) is 6.61 Å². The monoisotopic (exact) mass is 186 g/mol. The molecule has 0 unspecified atom stereocenters. The zero-order valence-electron chi connectivity index (χ0n) is 8.97. The highest BCUT2D eigenvalue weighted by atomic mass is 16.5. The van der Waals surface area contributed by atoms with Crippen LogP contribution in [0.4, 0.5) is 0 Å². The highest BCUT2D eigenvalue weighted by Crippen LogP contribution is 2.15. The molecule has 0 N–H and O–H groups in total. The van der Waals surface area contributed by atoms with Gasteiger partial charge in [0.1, 0.15) is 0 Å². The fourth-order valence-corrected chi connectivity index (χ4v) is 1.31. The van der Waals surface area contributed by atoms with Crippen molar-refractivity contribution in [2.75, 3.05) is 6.61 Å². The lowest BCUT2D eigenvalue weighted by molar-refractivity contribution is -0.140. The van der Waals surface area contributed by atoms with Crippen molar-refractivity contribution in [2.45, 2.75) is 58.8 Å². The summed E-state index contributed by atoms with van der Waals surface area (Å²) < 4.78 is 4.55. The van der Waals surface area contributed by atoms with Crippen molar-refractivity contribution in [2.24, 2.45) is 0 Å². The van der Waals surface area contributed by atoms with Gasteiger partial charge in [-0.2, -0.15) is 0 Å². The molecule has 0 aromatic carbocycles. The number of ether oxygens (including phenoxy) is 1. The first-order chi connectivity index (χ1) is 6.27. The van der Waals surface area contributed by atoms with Crippen LogP contribution in [-0.4, -0.2) is 12.6 Å². The molecule has 0 heterocycles. The molecular formula is C11H22O2. The lowest BCUT2D eigenvalue weighted by Gasteiger charge is -2.05. The molecule has 0 spiro atoms. The van der Waals surface area contributed by atoms with E-state index in [1.54, 1.807) is 0 Å². The Hall–Kier alpha value is -0.530. The first kappa shape index (κ1) is 12.5. The third-order valence-electron chi connectivity index (χ3n) is 2.01. The molecule has 1 aliphatic rings. The zero-order valence-corrected chi connectivity index (χ0v) is 8.97. The topological polar surface area (TPSA) is 26.3 Å². The Kier molecular flexibility index (Phi) is 9.17. The highest BCUT2D eigenvalue weighted by Gasteiger charge is 1.95. The summed E-state index contributed by atoms with van der Waals surface area (Å²) in [5, 5.41) is 0. The Morgan fingerprint density at radius 2 is 1.46 bits per heavy atom. The van der Waals surface area contributed by atoms with Gasteiger partial charge in [0.15, 0.2) is 0 Å². The van der Waals surface area contributed by atoms with E-state index in [1.807, 2.05) is 6.92 Å². The van der Waals surface area contributed by atoms with Gasteiger partial charge in [-0.15, -0.1) is 0 Å². The van der Waals surface area contributed by atoms with Crippen molar-refractivity contribution in [3.05, 3.63) is 0 Å². The summed E-state index contributed by atoms with van der Waals surface area (Å²) in [6.07, 6.45) is 9.90. The van der Waals surface area contributed by atoms with Gasteiger partial charge in [-0.3, -0.25) is 4.79 Å². The summed E-state index contributed by atoms with van der Waals surface area (Å²) in [5.41, 5.74) is 0. The number of carbonyl (C=O) groups excluding carboxylic acids is 1. The van der Waals surface area contributed by atoms with E-state index >= 15 is 0 Å². The van der Waals surface area contributed by atoms with Crippen molar-refractivity contribution in [1.82, 2.24) is 0 Å². The fraction of sp³-hybridized carbons (Fsp3) is 0.909. The molecule has 0 amide bonds. The van der Waals surface area contributed by atoms with Gasteiger partial charge in [0, 0.05) is 6.92 Å². The van der Waals surface area contributed by atoms with Crippen molar-refractivity contribution >= 4 is 5.97 Å². The maximum atomic E-state index is 9.98. The summed E-state index contributed by atoms with van der Waals surface area (Å²) in [7, 11) is 0. The predicted molar refractivity (Wildman–Crippen MR) is 54.6 cm³/mol. The van der Waals surface area contributed by atoms with Crippen molar-refractivity contribution < 1.29 is 9.53 Å². The van der Waals surface area contributed by atoms with Gasteiger partial charge in [0.05, 0.1) is 6.61 Å². The molecule has 0 aromatic heterocycles. The Bertz CT molecular complexity index is 106. The molecular weight excluding hydrogens is 164 g/mol. The van der Waals surface area contributed by atoms with Gasteiger partial charge in [-0.05, 0) is 6.42 Å². The van der Waals surface area contributed by atoms with Crippen LogP contribution in [0.5, 0.6) is 0 Å². The van der Waals surface area contributed by atoms with Crippen LogP contribution in [-0.2, 0) is 9.53 Å².